The maximum Gasteiger partial charge on any atom is 0.272 e. The van der Waals surface area contributed by atoms with Gasteiger partial charge in [-0.05, 0) is 69.0 Å². The van der Waals surface area contributed by atoms with E-state index in [0.717, 1.165) is 11.4 Å². The van der Waals surface area contributed by atoms with Crippen LogP contribution in [0.4, 0.5) is 4.39 Å². The Morgan fingerprint density at radius 1 is 1.10 bits per heavy atom. The SMILES string of the molecule is Cc1ccc2c(=O)[nH]c(CCCC(=O)N3CCC(C(=O)c4ccc(F)cc4)CC3)cn12. The number of hydrogen-bond acceptors (Lipinski definition) is 3. The van der Waals surface area contributed by atoms with E-state index in [1.54, 1.807) is 6.07 Å². The zero-order chi connectivity index (χ0) is 22.0. The van der Waals surface area contributed by atoms with E-state index in [4.69, 9.17) is 0 Å². The number of nitrogens with zero attached hydrogens (tertiary/aromatic N) is 2. The lowest BCUT2D eigenvalue weighted by molar-refractivity contribution is -0.132. The van der Waals surface area contributed by atoms with Gasteiger partial charge in [0.2, 0.25) is 5.91 Å². The number of H-pyrrole nitrogens is 1. The van der Waals surface area contributed by atoms with Crippen molar-refractivity contribution in [3.63, 3.8) is 0 Å². The molecule has 0 radical (unpaired) electrons. The third-order valence-electron chi connectivity index (χ3n) is 6.10. The second-order valence-electron chi connectivity index (χ2n) is 8.22. The van der Waals surface area contributed by atoms with Gasteiger partial charge in [0, 0.05) is 48.6 Å². The molecule has 0 bridgehead atoms. The van der Waals surface area contributed by atoms with E-state index in [-0.39, 0.29) is 29.0 Å². The van der Waals surface area contributed by atoms with Gasteiger partial charge in [0.05, 0.1) is 0 Å². The van der Waals surface area contributed by atoms with Gasteiger partial charge in [-0.1, -0.05) is 0 Å². The van der Waals surface area contributed by atoms with Crippen LogP contribution in [0.25, 0.3) is 5.52 Å². The molecule has 1 aliphatic heterocycles. The highest BCUT2D eigenvalue weighted by Gasteiger charge is 2.27. The van der Waals surface area contributed by atoms with E-state index in [1.807, 2.05) is 28.5 Å². The Bertz CT molecular complexity index is 1160. The van der Waals surface area contributed by atoms with Crippen LogP contribution < -0.4 is 5.56 Å². The summed E-state index contributed by atoms with van der Waals surface area (Å²) in [4.78, 5) is 42.0. The van der Waals surface area contributed by atoms with Gasteiger partial charge in [0.15, 0.2) is 5.78 Å². The minimum Gasteiger partial charge on any atom is -0.343 e. The van der Waals surface area contributed by atoms with Crippen LogP contribution in [-0.2, 0) is 11.2 Å². The number of benzene rings is 1. The molecule has 3 aromatic rings. The van der Waals surface area contributed by atoms with Crippen LogP contribution in [0.3, 0.4) is 0 Å². The molecule has 4 rings (SSSR count). The second kappa shape index (κ2) is 8.88. The summed E-state index contributed by atoms with van der Waals surface area (Å²) in [6.07, 6.45) is 4.84. The Morgan fingerprint density at radius 3 is 2.52 bits per heavy atom. The van der Waals surface area contributed by atoms with E-state index < -0.39 is 0 Å². The summed E-state index contributed by atoms with van der Waals surface area (Å²) in [5.74, 6) is -0.388. The average Bonchev–Trinajstić information content (AvgIpc) is 3.15. The molecule has 1 amide bonds. The van der Waals surface area contributed by atoms with Crippen LogP contribution >= 0.6 is 0 Å². The number of hydrogen-bond donors (Lipinski definition) is 1. The topological polar surface area (TPSA) is 74.7 Å². The van der Waals surface area contributed by atoms with Crippen LogP contribution in [0.2, 0.25) is 0 Å². The number of piperidine rings is 1. The molecule has 0 spiro atoms. The summed E-state index contributed by atoms with van der Waals surface area (Å²) in [7, 11) is 0. The first-order chi connectivity index (χ1) is 14.9. The maximum absolute atomic E-state index is 13.1. The van der Waals surface area contributed by atoms with Crippen LogP contribution in [0.1, 0.15) is 47.4 Å². The van der Waals surface area contributed by atoms with E-state index in [1.165, 1.54) is 24.3 Å². The summed E-state index contributed by atoms with van der Waals surface area (Å²) < 4.78 is 14.9. The summed E-state index contributed by atoms with van der Waals surface area (Å²) >= 11 is 0. The predicted octanol–water partition coefficient (Wildman–Crippen LogP) is 3.52. The van der Waals surface area contributed by atoms with Gasteiger partial charge in [-0.15, -0.1) is 0 Å². The fourth-order valence-electron chi connectivity index (χ4n) is 4.26. The molecule has 1 fully saturated rings. The highest BCUT2D eigenvalue weighted by atomic mass is 19.1. The first kappa shape index (κ1) is 21.0. The lowest BCUT2D eigenvalue weighted by Crippen LogP contribution is -2.40. The predicted molar refractivity (Wildman–Crippen MR) is 116 cm³/mol. The fourth-order valence-corrected chi connectivity index (χ4v) is 4.26. The number of aromatic nitrogens is 2. The highest BCUT2D eigenvalue weighted by Crippen LogP contribution is 2.23. The van der Waals surface area contributed by atoms with E-state index in [0.29, 0.717) is 56.3 Å². The minimum atomic E-state index is -0.357. The van der Waals surface area contributed by atoms with Crippen LogP contribution in [0, 0.1) is 18.7 Å². The molecule has 7 heteroatoms. The molecule has 1 saturated heterocycles. The quantitative estimate of drug-likeness (QED) is 0.617. The first-order valence-corrected chi connectivity index (χ1v) is 10.7. The zero-order valence-corrected chi connectivity index (χ0v) is 17.6. The normalized spacial score (nSPS) is 14.8. The number of rotatable bonds is 6. The standard InChI is InChI=1S/C24H26FN3O3/c1-16-5-10-21-24(31)26-20(15-28(16)21)3-2-4-22(29)27-13-11-18(12-14-27)23(30)17-6-8-19(25)9-7-17/h5-10,15,18H,2-4,11-14H2,1H3,(H,26,31). The van der Waals surface area contributed by atoms with Gasteiger partial charge < -0.3 is 14.3 Å². The Hall–Kier alpha value is -3.22. The number of fused-ring (bicyclic) bond motifs is 1. The molecule has 3 heterocycles. The van der Waals surface area contributed by atoms with Crippen molar-refractivity contribution in [1.82, 2.24) is 14.3 Å². The van der Waals surface area contributed by atoms with E-state index in [9.17, 15) is 18.8 Å². The van der Waals surface area contributed by atoms with Crippen molar-refractivity contribution in [2.24, 2.45) is 5.92 Å². The van der Waals surface area contributed by atoms with Gasteiger partial charge in [-0.2, -0.15) is 0 Å². The lowest BCUT2D eigenvalue weighted by Gasteiger charge is -2.31. The van der Waals surface area contributed by atoms with Gasteiger partial charge in [-0.3, -0.25) is 14.4 Å². The molecule has 0 unspecified atom stereocenters. The van der Waals surface area contributed by atoms with Crippen molar-refractivity contribution in [3.05, 3.63) is 75.7 Å². The summed E-state index contributed by atoms with van der Waals surface area (Å²) in [6.45, 7) is 3.06. The molecule has 0 atom stereocenters. The monoisotopic (exact) mass is 423 g/mol. The molecule has 31 heavy (non-hydrogen) atoms. The second-order valence-corrected chi connectivity index (χ2v) is 8.22. The Balaban J connectivity index is 1.27. The fraction of sp³-hybridized carbons (Fsp3) is 0.375. The Labute approximate surface area is 179 Å². The van der Waals surface area contributed by atoms with Gasteiger partial charge in [0.1, 0.15) is 11.3 Å². The summed E-state index contributed by atoms with van der Waals surface area (Å²) in [5, 5.41) is 0. The first-order valence-electron chi connectivity index (χ1n) is 10.7. The maximum atomic E-state index is 13.1. The molecule has 0 aliphatic carbocycles. The Kier molecular flexibility index (Phi) is 6.02. The molecule has 1 aliphatic rings. The van der Waals surface area contributed by atoms with Crippen molar-refractivity contribution < 1.29 is 14.0 Å². The van der Waals surface area contributed by atoms with Gasteiger partial charge in [0.25, 0.3) is 5.56 Å². The Morgan fingerprint density at radius 2 is 1.81 bits per heavy atom. The summed E-state index contributed by atoms with van der Waals surface area (Å²) in [5.41, 5.74) is 2.83. The number of halogens is 1. The lowest BCUT2D eigenvalue weighted by atomic mass is 9.88. The van der Waals surface area contributed by atoms with E-state index in [2.05, 4.69) is 4.98 Å². The number of carbonyl (C=O) groups excluding carboxylic acids is 2. The number of ketones is 1. The van der Waals surface area contributed by atoms with Crippen molar-refractivity contribution in [3.8, 4) is 0 Å². The number of nitrogens with one attached hydrogen (secondary N) is 1. The van der Waals surface area contributed by atoms with Gasteiger partial charge >= 0.3 is 0 Å². The number of amides is 1. The molecule has 1 aromatic carbocycles. The smallest absolute Gasteiger partial charge is 0.272 e. The largest absolute Gasteiger partial charge is 0.343 e. The van der Waals surface area contributed by atoms with Gasteiger partial charge in [-0.25, -0.2) is 4.39 Å². The van der Waals surface area contributed by atoms with Crippen molar-refractivity contribution in [2.75, 3.05) is 13.1 Å². The number of likely N-dealkylation sites (tertiary alicyclic amines) is 1. The highest BCUT2D eigenvalue weighted by molar-refractivity contribution is 5.98. The van der Waals surface area contributed by atoms with E-state index >= 15 is 0 Å². The molecular formula is C24H26FN3O3. The molecule has 2 aromatic heterocycles. The van der Waals surface area contributed by atoms with Crippen LogP contribution in [-0.4, -0.2) is 39.1 Å². The minimum absolute atomic E-state index is 0.0201. The number of aryl methyl sites for hydroxylation is 2. The van der Waals surface area contributed by atoms with Crippen molar-refractivity contribution >= 4 is 17.2 Å². The number of aromatic amines is 1. The molecule has 0 saturated carbocycles. The summed E-state index contributed by atoms with van der Waals surface area (Å²) in [6, 6.07) is 9.34. The number of carbonyl (C=O) groups is 2. The van der Waals surface area contributed by atoms with Crippen molar-refractivity contribution in [2.45, 2.75) is 39.0 Å². The third-order valence-corrected chi connectivity index (χ3v) is 6.10. The van der Waals surface area contributed by atoms with Crippen LogP contribution in [0.5, 0.6) is 0 Å². The molecule has 1 N–H and O–H groups in total. The average molecular weight is 423 g/mol. The molecule has 6 nitrogen and oxygen atoms in total. The number of Topliss-reactive ketones (excluding diaryl/α,β-unsaturated/α-hetero) is 1. The third kappa shape index (κ3) is 4.60. The zero-order valence-electron chi connectivity index (χ0n) is 17.6. The molecular weight excluding hydrogens is 397 g/mol. The molecule has 162 valence electrons. The van der Waals surface area contributed by atoms with Crippen molar-refractivity contribution in [1.29, 1.82) is 0 Å². The van der Waals surface area contributed by atoms with Crippen LogP contribution in [0.15, 0.2) is 47.4 Å².